The second-order valence-corrected chi connectivity index (χ2v) is 5.58. The van der Waals surface area contributed by atoms with Gasteiger partial charge in [0.05, 0.1) is 0 Å². The quantitative estimate of drug-likeness (QED) is 0.887. The Morgan fingerprint density at radius 2 is 2.06 bits per heavy atom. The van der Waals surface area contributed by atoms with Crippen LogP contribution in [-0.4, -0.2) is 5.91 Å². The van der Waals surface area contributed by atoms with E-state index < -0.39 is 0 Å². The second kappa shape index (κ2) is 5.23. The highest BCUT2D eigenvalue weighted by Crippen LogP contribution is 2.21. The van der Waals surface area contributed by atoms with E-state index in [1.165, 1.54) is 9.75 Å². The van der Waals surface area contributed by atoms with Crippen LogP contribution in [-0.2, 0) is 6.54 Å². The van der Waals surface area contributed by atoms with Crippen molar-refractivity contribution in [3.05, 3.63) is 51.2 Å². The second-order valence-electron chi connectivity index (χ2n) is 4.21. The van der Waals surface area contributed by atoms with Crippen LogP contribution in [0, 0.1) is 13.8 Å². The Morgan fingerprint density at radius 1 is 1.28 bits per heavy atom. The number of aryl methyl sites for hydroxylation is 1. The highest BCUT2D eigenvalue weighted by atomic mass is 32.1. The third kappa shape index (κ3) is 2.71. The monoisotopic (exact) mass is 260 g/mol. The minimum atomic E-state index is -0.386. The van der Waals surface area contributed by atoms with Crippen LogP contribution in [0.4, 0.5) is 5.69 Å². The van der Waals surface area contributed by atoms with Gasteiger partial charge < -0.3 is 11.1 Å². The van der Waals surface area contributed by atoms with E-state index in [0.717, 1.165) is 17.8 Å². The summed E-state index contributed by atoms with van der Waals surface area (Å²) in [5.74, 6) is -0.386. The SMILES string of the molecule is Cc1ccc(CNc2cccc(C(N)=O)c2C)s1. The fraction of sp³-hybridized carbons (Fsp3) is 0.214. The molecule has 3 nitrogen and oxygen atoms in total. The summed E-state index contributed by atoms with van der Waals surface area (Å²) in [6.45, 7) is 4.76. The summed E-state index contributed by atoms with van der Waals surface area (Å²) in [7, 11) is 0. The number of hydrogen-bond donors (Lipinski definition) is 2. The molecule has 0 fully saturated rings. The van der Waals surface area contributed by atoms with Crippen molar-refractivity contribution < 1.29 is 4.79 Å². The molecule has 0 aliphatic carbocycles. The van der Waals surface area contributed by atoms with Crippen LogP contribution in [0.25, 0.3) is 0 Å². The lowest BCUT2D eigenvalue weighted by Crippen LogP contribution is -2.13. The first-order chi connectivity index (χ1) is 8.58. The summed E-state index contributed by atoms with van der Waals surface area (Å²) in [5.41, 5.74) is 7.76. The number of benzene rings is 1. The van der Waals surface area contributed by atoms with Gasteiger partial charge in [0, 0.05) is 27.5 Å². The number of carbonyl (C=O) groups is 1. The van der Waals surface area contributed by atoms with Gasteiger partial charge in [-0.05, 0) is 43.7 Å². The molecule has 94 valence electrons. The number of thiophene rings is 1. The van der Waals surface area contributed by atoms with Crippen molar-refractivity contribution in [2.24, 2.45) is 5.73 Å². The van der Waals surface area contributed by atoms with Crippen LogP contribution in [0.5, 0.6) is 0 Å². The van der Waals surface area contributed by atoms with Crippen LogP contribution in [0.2, 0.25) is 0 Å². The molecular weight excluding hydrogens is 244 g/mol. The number of nitrogens with one attached hydrogen (secondary N) is 1. The van der Waals surface area contributed by atoms with E-state index in [0.29, 0.717) is 5.56 Å². The Morgan fingerprint density at radius 3 is 2.67 bits per heavy atom. The van der Waals surface area contributed by atoms with Crippen molar-refractivity contribution >= 4 is 22.9 Å². The molecule has 0 radical (unpaired) electrons. The standard InChI is InChI=1S/C14H16N2OS/c1-9-6-7-11(18-9)8-16-13-5-3-4-12(10(13)2)14(15)17/h3-7,16H,8H2,1-2H3,(H2,15,17). The molecule has 2 aromatic rings. The lowest BCUT2D eigenvalue weighted by molar-refractivity contribution is 0.1000. The Balaban J connectivity index is 2.14. The van der Waals surface area contributed by atoms with E-state index in [9.17, 15) is 4.79 Å². The minimum absolute atomic E-state index is 0.386. The van der Waals surface area contributed by atoms with Crippen molar-refractivity contribution in [2.45, 2.75) is 20.4 Å². The third-order valence-electron chi connectivity index (χ3n) is 2.85. The molecule has 2 rings (SSSR count). The molecule has 0 aliphatic heterocycles. The van der Waals surface area contributed by atoms with Gasteiger partial charge in [0.1, 0.15) is 0 Å². The molecule has 0 unspecified atom stereocenters. The molecule has 1 aromatic carbocycles. The van der Waals surface area contributed by atoms with E-state index in [1.807, 2.05) is 19.1 Å². The highest BCUT2D eigenvalue weighted by molar-refractivity contribution is 7.11. The predicted molar refractivity (Wildman–Crippen MR) is 76.1 cm³/mol. The summed E-state index contributed by atoms with van der Waals surface area (Å²) in [6, 6.07) is 9.77. The van der Waals surface area contributed by atoms with E-state index in [2.05, 4.69) is 24.4 Å². The predicted octanol–water partition coefficient (Wildman–Crippen LogP) is 3.08. The van der Waals surface area contributed by atoms with Gasteiger partial charge >= 0.3 is 0 Å². The fourth-order valence-electron chi connectivity index (χ4n) is 1.86. The molecule has 0 saturated carbocycles. The van der Waals surface area contributed by atoms with Gasteiger partial charge in [0.25, 0.3) is 0 Å². The third-order valence-corrected chi connectivity index (χ3v) is 3.85. The molecule has 18 heavy (non-hydrogen) atoms. The van der Waals surface area contributed by atoms with Gasteiger partial charge in [0.2, 0.25) is 5.91 Å². The molecule has 1 heterocycles. The van der Waals surface area contributed by atoms with Crippen molar-refractivity contribution in [1.29, 1.82) is 0 Å². The van der Waals surface area contributed by atoms with Gasteiger partial charge in [-0.3, -0.25) is 4.79 Å². The number of anilines is 1. The summed E-state index contributed by atoms with van der Waals surface area (Å²) in [4.78, 5) is 13.8. The maximum Gasteiger partial charge on any atom is 0.249 e. The Hall–Kier alpha value is -1.81. The average Bonchev–Trinajstić information content (AvgIpc) is 2.73. The molecule has 0 atom stereocenters. The van der Waals surface area contributed by atoms with E-state index in [-0.39, 0.29) is 5.91 Å². The fourth-order valence-corrected chi connectivity index (χ4v) is 2.69. The first-order valence-electron chi connectivity index (χ1n) is 5.76. The van der Waals surface area contributed by atoms with Gasteiger partial charge in [-0.15, -0.1) is 11.3 Å². The number of nitrogens with two attached hydrogens (primary N) is 1. The number of rotatable bonds is 4. The molecule has 0 saturated heterocycles. The van der Waals surface area contributed by atoms with Gasteiger partial charge in [-0.1, -0.05) is 6.07 Å². The molecule has 1 amide bonds. The average molecular weight is 260 g/mol. The Bertz CT molecular complexity index is 575. The molecule has 3 N–H and O–H groups in total. The number of amides is 1. The normalized spacial score (nSPS) is 10.3. The molecular formula is C14H16N2OS. The highest BCUT2D eigenvalue weighted by Gasteiger charge is 2.08. The van der Waals surface area contributed by atoms with E-state index >= 15 is 0 Å². The smallest absolute Gasteiger partial charge is 0.249 e. The zero-order valence-corrected chi connectivity index (χ0v) is 11.3. The van der Waals surface area contributed by atoms with Crippen LogP contribution in [0.3, 0.4) is 0 Å². The van der Waals surface area contributed by atoms with Crippen molar-refractivity contribution in [1.82, 2.24) is 0 Å². The largest absolute Gasteiger partial charge is 0.380 e. The van der Waals surface area contributed by atoms with Crippen LogP contribution < -0.4 is 11.1 Å². The summed E-state index contributed by atoms with van der Waals surface area (Å²) in [6.07, 6.45) is 0. The minimum Gasteiger partial charge on any atom is -0.380 e. The van der Waals surface area contributed by atoms with Gasteiger partial charge in [-0.2, -0.15) is 0 Å². The van der Waals surface area contributed by atoms with Gasteiger partial charge in [0.15, 0.2) is 0 Å². The van der Waals surface area contributed by atoms with Crippen LogP contribution in [0.15, 0.2) is 30.3 Å². The maximum atomic E-state index is 11.2. The number of carbonyl (C=O) groups excluding carboxylic acids is 1. The lowest BCUT2D eigenvalue weighted by atomic mass is 10.1. The number of primary amides is 1. The number of hydrogen-bond acceptors (Lipinski definition) is 3. The van der Waals surface area contributed by atoms with E-state index in [4.69, 9.17) is 5.73 Å². The summed E-state index contributed by atoms with van der Waals surface area (Å²) >= 11 is 1.77. The summed E-state index contributed by atoms with van der Waals surface area (Å²) in [5, 5.41) is 3.34. The first-order valence-corrected chi connectivity index (χ1v) is 6.58. The van der Waals surface area contributed by atoms with Crippen molar-refractivity contribution in [2.75, 3.05) is 5.32 Å². The summed E-state index contributed by atoms with van der Waals surface area (Å²) < 4.78 is 0. The Labute approximate surface area is 111 Å². The molecule has 4 heteroatoms. The van der Waals surface area contributed by atoms with Crippen molar-refractivity contribution in [3.63, 3.8) is 0 Å². The van der Waals surface area contributed by atoms with Gasteiger partial charge in [-0.25, -0.2) is 0 Å². The first kappa shape index (κ1) is 12.6. The molecule has 1 aromatic heterocycles. The topological polar surface area (TPSA) is 55.1 Å². The lowest BCUT2D eigenvalue weighted by Gasteiger charge is -2.10. The molecule has 0 bridgehead atoms. The molecule has 0 spiro atoms. The Kier molecular flexibility index (Phi) is 3.67. The maximum absolute atomic E-state index is 11.2. The van der Waals surface area contributed by atoms with Crippen LogP contribution >= 0.6 is 11.3 Å². The van der Waals surface area contributed by atoms with Crippen molar-refractivity contribution in [3.8, 4) is 0 Å². The van der Waals surface area contributed by atoms with Crippen LogP contribution in [0.1, 0.15) is 25.7 Å². The van der Waals surface area contributed by atoms with E-state index in [1.54, 1.807) is 17.4 Å². The molecule has 0 aliphatic rings. The zero-order chi connectivity index (χ0) is 13.1. The zero-order valence-electron chi connectivity index (χ0n) is 10.5.